The van der Waals surface area contributed by atoms with E-state index in [0.29, 0.717) is 13.0 Å². The van der Waals surface area contributed by atoms with Gasteiger partial charge in [-0.15, -0.1) is 5.10 Å². The van der Waals surface area contributed by atoms with Crippen LogP contribution in [0.5, 0.6) is 0 Å². The monoisotopic (exact) mass is 153 g/mol. The first kappa shape index (κ1) is 7.91. The predicted octanol–water partition coefficient (Wildman–Crippen LogP) is 0.566. The van der Waals surface area contributed by atoms with Crippen LogP contribution in [0.3, 0.4) is 0 Å². The van der Waals surface area contributed by atoms with Crippen LogP contribution in [0.4, 0.5) is 0 Å². The highest BCUT2D eigenvalue weighted by Crippen LogP contribution is 1.91. The molecule has 0 amide bonds. The van der Waals surface area contributed by atoms with Crippen LogP contribution in [-0.4, -0.2) is 20.8 Å². The number of aryl methyl sites for hydroxylation is 1. The molecule has 1 rings (SSSR count). The van der Waals surface area contributed by atoms with Gasteiger partial charge in [0.1, 0.15) is 6.54 Å². The maximum absolute atomic E-state index is 10.9. The number of carbonyl (C=O) groups excluding carboxylic acids is 1. The molecule has 0 bridgehead atoms. The minimum Gasteiger partial charge on any atom is -0.298 e. The minimum atomic E-state index is 0.176. The number of aromatic nitrogens is 3. The van der Waals surface area contributed by atoms with Crippen molar-refractivity contribution in [1.29, 1.82) is 0 Å². The molecule has 4 heteroatoms. The van der Waals surface area contributed by atoms with E-state index in [9.17, 15) is 4.79 Å². The van der Waals surface area contributed by atoms with Gasteiger partial charge in [0.15, 0.2) is 5.78 Å². The predicted molar refractivity (Wildman–Crippen MR) is 40.1 cm³/mol. The van der Waals surface area contributed by atoms with Crippen molar-refractivity contribution in [2.45, 2.75) is 26.8 Å². The largest absolute Gasteiger partial charge is 0.298 e. The second-order valence-corrected chi connectivity index (χ2v) is 2.45. The van der Waals surface area contributed by atoms with Crippen molar-refractivity contribution in [2.24, 2.45) is 0 Å². The molecule has 0 unspecified atom stereocenters. The number of Topliss-reactive ketones (excluding diaryl/α,β-unsaturated/α-hetero) is 1. The van der Waals surface area contributed by atoms with Crippen molar-refractivity contribution in [3.8, 4) is 0 Å². The van der Waals surface area contributed by atoms with Crippen LogP contribution in [-0.2, 0) is 11.3 Å². The fourth-order valence-corrected chi connectivity index (χ4v) is 0.765. The summed E-state index contributed by atoms with van der Waals surface area (Å²) in [4.78, 5) is 10.9. The molecule has 1 heterocycles. The molecule has 0 aromatic carbocycles. The Kier molecular flexibility index (Phi) is 2.36. The van der Waals surface area contributed by atoms with Gasteiger partial charge in [-0.05, 0) is 6.92 Å². The molecule has 0 saturated carbocycles. The Morgan fingerprint density at radius 1 is 1.73 bits per heavy atom. The van der Waals surface area contributed by atoms with Gasteiger partial charge in [0.05, 0.1) is 5.69 Å². The average molecular weight is 153 g/mol. The van der Waals surface area contributed by atoms with Crippen LogP contribution < -0.4 is 0 Å². The Morgan fingerprint density at radius 2 is 2.45 bits per heavy atom. The van der Waals surface area contributed by atoms with Crippen LogP contribution in [0.1, 0.15) is 19.0 Å². The number of hydrogen-bond donors (Lipinski definition) is 0. The number of carbonyl (C=O) groups is 1. The first-order chi connectivity index (χ1) is 5.22. The van der Waals surface area contributed by atoms with E-state index in [1.165, 1.54) is 0 Å². The van der Waals surface area contributed by atoms with E-state index in [2.05, 4.69) is 10.3 Å². The summed E-state index contributed by atoms with van der Waals surface area (Å²) in [5, 5.41) is 7.51. The molecule has 11 heavy (non-hydrogen) atoms. The quantitative estimate of drug-likeness (QED) is 0.637. The second kappa shape index (κ2) is 3.27. The van der Waals surface area contributed by atoms with Crippen LogP contribution in [0.25, 0.3) is 0 Å². The number of ketones is 1. The fraction of sp³-hybridized carbons (Fsp3) is 0.571. The molecule has 0 radical (unpaired) electrons. The lowest BCUT2D eigenvalue weighted by molar-refractivity contribution is -0.119. The van der Waals surface area contributed by atoms with Crippen molar-refractivity contribution in [2.75, 3.05) is 0 Å². The molecule has 60 valence electrons. The second-order valence-electron chi connectivity index (χ2n) is 2.45. The third-order valence-corrected chi connectivity index (χ3v) is 1.39. The average Bonchev–Trinajstić information content (AvgIpc) is 2.35. The van der Waals surface area contributed by atoms with Gasteiger partial charge in [-0.25, -0.2) is 4.68 Å². The molecule has 0 N–H and O–H groups in total. The van der Waals surface area contributed by atoms with Gasteiger partial charge < -0.3 is 0 Å². The third kappa shape index (κ3) is 2.14. The third-order valence-electron chi connectivity index (χ3n) is 1.39. The Labute approximate surface area is 65.2 Å². The van der Waals surface area contributed by atoms with Crippen LogP contribution in [0.15, 0.2) is 6.20 Å². The van der Waals surface area contributed by atoms with Crippen LogP contribution in [0, 0.1) is 6.92 Å². The maximum atomic E-state index is 10.9. The zero-order valence-corrected chi connectivity index (χ0v) is 6.74. The van der Waals surface area contributed by atoms with Gasteiger partial charge in [0, 0.05) is 12.6 Å². The molecule has 1 aromatic heterocycles. The molecule has 0 saturated heterocycles. The number of hydrogen-bond acceptors (Lipinski definition) is 3. The summed E-state index contributed by atoms with van der Waals surface area (Å²) in [6.07, 6.45) is 2.31. The minimum absolute atomic E-state index is 0.176. The van der Waals surface area contributed by atoms with Gasteiger partial charge >= 0.3 is 0 Å². The van der Waals surface area contributed by atoms with E-state index in [0.717, 1.165) is 5.69 Å². The fourth-order valence-electron chi connectivity index (χ4n) is 0.765. The summed E-state index contributed by atoms with van der Waals surface area (Å²) >= 11 is 0. The molecule has 0 aliphatic heterocycles. The van der Waals surface area contributed by atoms with Gasteiger partial charge in [-0.1, -0.05) is 12.1 Å². The van der Waals surface area contributed by atoms with Gasteiger partial charge in [-0.3, -0.25) is 4.79 Å². The highest BCUT2D eigenvalue weighted by atomic mass is 16.1. The molecule has 0 fully saturated rings. The molecule has 0 aliphatic rings. The molecule has 0 spiro atoms. The lowest BCUT2D eigenvalue weighted by Crippen LogP contribution is -2.09. The van der Waals surface area contributed by atoms with Crippen molar-refractivity contribution >= 4 is 5.78 Å². The first-order valence-electron chi connectivity index (χ1n) is 3.61. The van der Waals surface area contributed by atoms with Crippen molar-refractivity contribution in [1.82, 2.24) is 15.0 Å². The highest BCUT2D eigenvalue weighted by molar-refractivity contribution is 5.77. The summed E-state index contributed by atoms with van der Waals surface area (Å²) < 4.78 is 1.56. The summed E-state index contributed by atoms with van der Waals surface area (Å²) in [5.74, 6) is 0.176. The van der Waals surface area contributed by atoms with Crippen LogP contribution in [0.2, 0.25) is 0 Å². The van der Waals surface area contributed by atoms with Crippen LogP contribution >= 0.6 is 0 Å². The summed E-state index contributed by atoms with van der Waals surface area (Å²) in [5.41, 5.74) is 0.842. The molecule has 0 aliphatic carbocycles. The number of rotatable bonds is 3. The van der Waals surface area contributed by atoms with E-state index in [-0.39, 0.29) is 5.78 Å². The zero-order valence-electron chi connectivity index (χ0n) is 6.74. The van der Waals surface area contributed by atoms with Gasteiger partial charge in [0.2, 0.25) is 0 Å². The Bertz CT molecular complexity index is 254. The molecule has 1 aromatic rings. The molecule has 0 atom stereocenters. The van der Waals surface area contributed by atoms with E-state index in [4.69, 9.17) is 0 Å². The van der Waals surface area contributed by atoms with Gasteiger partial charge in [-0.2, -0.15) is 0 Å². The zero-order chi connectivity index (χ0) is 8.27. The van der Waals surface area contributed by atoms with E-state index in [1.807, 2.05) is 13.8 Å². The molecular formula is C7H11N3O. The van der Waals surface area contributed by atoms with Crippen molar-refractivity contribution in [3.05, 3.63) is 11.9 Å². The van der Waals surface area contributed by atoms with Crippen molar-refractivity contribution < 1.29 is 4.79 Å². The number of nitrogens with zero attached hydrogens (tertiary/aromatic N) is 3. The van der Waals surface area contributed by atoms with E-state index < -0.39 is 0 Å². The topological polar surface area (TPSA) is 47.8 Å². The normalized spacial score (nSPS) is 10.0. The lowest BCUT2D eigenvalue weighted by Gasteiger charge is -1.94. The standard InChI is InChI=1S/C7H11N3O/c1-3-7(11)5-10-4-6(2)8-9-10/h4H,3,5H2,1-2H3. The molecule has 4 nitrogen and oxygen atoms in total. The van der Waals surface area contributed by atoms with Gasteiger partial charge in [0.25, 0.3) is 0 Å². The Balaban J connectivity index is 2.57. The first-order valence-corrected chi connectivity index (χ1v) is 3.61. The highest BCUT2D eigenvalue weighted by Gasteiger charge is 2.00. The van der Waals surface area contributed by atoms with Crippen molar-refractivity contribution in [3.63, 3.8) is 0 Å². The summed E-state index contributed by atoms with van der Waals surface area (Å²) in [7, 11) is 0. The molecular weight excluding hydrogens is 142 g/mol. The lowest BCUT2D eigenvalue weighted by atomic mass is 10.3. The SMILES string of the molecule is CCC(=O)Cn1cc(C)nn1. The Morgan fingerprint density at radius 3 is 2.91 bits per heavy atom. The summed E-state index contributed by atoms with van der Waals surface area (Å²) in [6, 6.07) is 0. The smallest absolute Gasteiger partial charge is 0.154 e. The van der Waals surface area contributed by atoms with E-state index >= 15 is 0 Å². The summed E-state index contributed by atoms with van der Waals surface area (Å²) in [6.45, 7) is 4.03. The van der Waals surface area contributed by atoms with E-state index in [1.54, 1.807) is 10.9 Å². The Hall–Kier alpha value is -1.19. The maximum Gasteiger partial charge on any atom is 0.154 e.